The van der Waals surface area contributed by atoms with Gasteiger partial charge in [-0.25, -0.2) is 14.1 Å². The van der Waals surface area contributed by atoms with Gasteiger partial charge in [0.25, 0.3) is 5.56 Å². The molecule has 5 rings (SSSR count). The smallest absolute Gasteiger partial charge is 0.278 e. The average Bonchev–Trinajstić information content (AvgIpc) is 3.34. The molecule has 0 spiro atoms. The van der Waals surface area contributed by atoms with E-state index in [2.05, 4.69) is 20.6 Å². The van der Waals surface area contributed by atoms with Crippen molar-refractivity contribution in [2.75, 3.05) is 5.32 Å². The molecule has 0 unspecified atom stereocenters. The third-order valence-electron chi connectivity index (χ3n) is 4.56. The fourth-order valence-electron chi connectivity index (χ4n) is 3.15. The van der Waals surface area contributed by atoms with Crippen LogP contribution < -0.4 is 10.9 Å². The first kappa shape index (κ1) is 18.1. The van der Waals surface area contributed by atoms with Crippen LogP contribution in [0.3, 0.4) is 0 Å². The zero-order chi connectivity index (χ0) is 20.7. The molecule has 0 bridgehead atoms. The van der Waals surface area contributed by atoms with Gasteiger partial charge >= 0.3 is 0 Å². The molecule has 1 N–H and O–H groups in total. The minimum Gasteiger partial charge on any atom is -0.308 e. The molecule has 3 aromatic heterocycles. The van der Waals surface area contributed by atoms with Crippen molar-refractivity contribution in [2.45, 2.75) is 6.54 Å². The summed E-state index contributed by atoms with van der Waals surface area (Å²) >= 11 is 1.40. The van der Waals surface area contributed by atoms with Crippen molar-refractivity contribution in [3.05, 3.63) is 76.3 Å². The van der Waals surface area contributed by atoms with Gasteiger partial charge < -0.3 is 5.32 Å². The Labute approximate surface area is 172 Å². The number of anilines is 1. The van der Waals surface area contributed by atoms with Crippen molar-refractivity contribution in [2.24, 2.45) is 0 Å². The van der Waals surface area contributed by atoms with E-state index in [-0.39, 0.29) is 12.4 Å². The van der Waals surface area contributed by atoms with Gasteiger partial charge in [0.05, 0.1) is 5.39 Å². The molecule has 3 heterocycles. The number of aromatic nitrogens is 5. The molecule has 0 fully saturated rings. The highest BCUT2D eigenvalue weighted by Gasteiger charge is 2.18. The summed E-state index contributed by atoms with van der Waals surface area (Å²) in [6, 6.07) is 12.7. The van der Waals surface area contributed by atoms with Crippen LogP contribution in [-0.2, 0) is 11.3 Å². The number of fused-ring (bicyclic) bond motifs is 2. The lowest BCUT2D eigenvalue weighted by Gasteiger charge is -2.08. The molecule has 0 saturated carbocycles. The van der Waals surface area contributed by atoms with Crippen molar-refractivity contribution in [3.8, 4) is 11.3 Å². The summed E-state index contributed by atoms with van der Waals surface area (Å²) < 4.78 is 16.1. The van der Waals surface area contributed by atoms with E-state index in [0.717, 1.165) is 4.68 Å². The Morgan fingerprint density at radius 2 is 1.93 bits per heavy atom. The van der Waals surface area contributed by atoms with Gasteiger partial charge in [-0.1, -0.05) is 17.3 Å². The SMILES string of the molecule is O=C(Cn1nnc2ccccc2c1=O)Nc1c(-c2ccc(F)cc2)nc2sccn12. The average molecular weight is 420 g/mol. The molecule has 0 radical (unpaired) electrons. The van der Waals surface area contributed by atoms with Crippen molar-refractivity contribution in [3.63, 3.8) is 0 Å². The highest BCUT2D eigenvalue weighted by Crippen LogP contribution is 2.30. The molecule has 1 amide bonds. The van der Waals surface area contributed by atoms with Crippen LogP contribution >= 0.6 is 11.3 Å². The quantitative estimate of drug-likeness (QED) is 0.482. The number of amides is 1. The highest BCUT2D eigenvalue weighted by atomic mass is 32.1. The summed E-state index contributed by atoms with van der Waals surface area (Å²) in [7, 11) is 0. The number of carbonyl (C=O) groups is 1. The Balaban J connectivity index is 1.48. The van der Waals surface area contributed by atoms with Crippen LogP contribution in [0.15, 0.2) is 64.9 Å². The lowest BCUT2D eigenvalue weighted by atomic mass is 10.1. The van der Waals surface area contributed by atoms with Crippen LogP contribution in [0.2, 0.25) is 0 Å². The zero-order valence-electron chi connectivity index (χ0n) is 15.3. The Morgan fingerprint density at radius 1 is 1.13 bits per heavy atom. The summed E-state index contributed by atoms with van der Waals surface area (Å²) in [5, 5.41) is 12.9. The molecule has 0 aliphatic heterocycles. The third kappa shape index (κ3) is 3.12. The second-order valence-corrected chi connectivity index (χ2v) is 7.36. The first-order chi connectivity index (χ1) is 14.6. The van der Waals surface area contributed by atoms with Crippen molar-refractivity contribution >= 4 is 38.9 Å². The van der Waals surface area contributed by atoms with E-state index in [9.17, 15) is 14.0 Å². The van der Waals surface area contributed by atoms with Crippen molar-refractivity contribution < 1.29 is 9.18 Å². The van der Waals surface area contributed by atoms with Crippen molar-refractivity contribution in [1.29, 1.82) is 0 Å². The minimum absolute atomic E-state index is 0.309. The number of imidazole rings is 1. The zero-order valence-corrected chi connectivity index (χ0v) is 16.1. The van der Waals surface area contributed by atoms with Gasteiger partial charge in [-0.3, -0.25) is 14.0 Å². The number of nitrogens with one attached hydrogen (secondary N) is 1. The monoisotopic (exact) mass is 420 g/mol. The van der Waals surface area contributed by atoms with E-state index in [1.54, 1.807) is 47.0 Å². The number of hydrogen-bond acceptors (Lipinski definition) is 6. The summed E-state index contributed by atoms with van der Waals surface area (Å²) in [5.41, 5.74) is 1.23. The Kier molecular flexibility index (Phi) is 4.32. The maximum Gasteiger partial charge on any atom is 0.278 e. The number of halogens is 1. The number of benzene rings is 2. The van der Waals surface area contributed by atoms with E-state index in [1.165, 1.54) is 23.5 Å². The fraction of sp³-hybridized carbons (Fsp3) is 0.0500. The van der Waals surface area contributed by atoms with Crippen LogP contribution in [0.5, 0.6) is 0 Å². The number of hydrogen-bond donors (Lipinski definition) is 1. The highest BCUT2D eigenvalue weighted by molar-refractivity contribution is 7.15. The molecule has 8 nitrogen and oxygen atoms in total. The summed E-state index contributed by atoms with van der Waals surface area (Å²) in [6.45, 7) is -0.309. The summed E-state index contributed by atoms with van der Waals surface area (Å²) in [6.07, 6.45) is 1.78. The maximum atomic E-state index is 13.3. The molecular weight excluding hydrogens is 407 g/mol. The lowest BCUT2D eigenvalue weighted by Crippen LogP contribution is -2.30. The predicted molar refractivity (Wildman–Crippen MR) is 111 cm³/mol. The van der Waals surface area contributed by atoms with Crippen LogP contribution in [-0.4, -0.2) is 30.3 Å². The van der Waals surface area contributed by atoms with E-state index < -0.39 is 11.5 Å². The number of rotatable bonds is 4. The van der Waals surface area contributed by atoms with E-state index in [4.69, 9.17) is 0 Å². The predicted octanol–water partition coefficient (Wildman–Crippen LogP) is 2.95. The van der Waals surface area contributed by atoms with E-state index in [0.29, 0.717) is 32.9 Å². The lowest BCUT2D eigenvalue weighted by molar-refractivity contribution is -0.117. The largest absolute Gasteiger partial charge is 0.308 e. The number of nitrogens with zero attached hydrogens (tertiary/aromatic N) is 5. The van der Waals surface area contributed by atoms with Gasteiger partial charge in [0, 0.05) is 17.1 Å². The first-order valence-electron chi connectivity index (χ1n) is 8.94. The van der Waals surface area contributed by atoms with Gasteiger partial charge in [0.1, 0.15) is 29.4 Å². The van der Waals surface area contributed by atoms with Gasteiger partial charge in [-0.2, -0.15) is 0 Å². The first-order valence-corrected chi connectivity index (χ1v) is 9.82. The number of carbonyl (C=O) groups excluding carboxylic acids is 1. The van der Waals surface area contributed by atoms with E-state index in [1.807, 2.05) is 5.38 Å². The Morgan fingerprint density at radius 3 is 2.77 bits per heavy atom. The molecule has 2 aromatic carbocycles. The second kappa shape index (κ2) is 7.16. The Hall–Kier alpha value is -3.92. The van der Waals surface area contributed by atoms with Crippen molar-refractivity contribution in [1.82, 2.24) is 24.4 Å². The van der Waals surface area contributed by atoms with Crippen LogP contribution in [0.1, 0.15) is 0 Å². The summed E-state index contributed by atoms with van der Waals surface area (Å²) in [4.78, 5) is 30.5. The topological polar surface area (TPSA) is 94.2 Å². The molecular formula is C20H13FN6O2S. The van der Waals surface area contributed by atoms with Gasteiger partial charge in [-0.05, 0) is 36.4 Å². The van der Waals surface area contributed by atoms with Gasteiger partial charge in [-0.15, -0.1) is 16.4 Å². The molecule has 0 aliphatic carbocycles. The normalized spacial score (nSPS) is 11.2. The van der Waals surface area contributed by atoms with Crippen LogP contribution in [0.25, 0.3) is 27.1 Å². The Bertz CT molecular complexity index is 1450. The van der Waals surface area contributed by atoms with E-state index >= 15 is 0 Å². The minimum atomic E-state index is -0.460. The van der Waals surface area contributed by atoms with Crippen LogP contribution in [0.4, 0.5) is 10.2 Å². The standard InChI is InChI=1S/C20H13FN6O2S/c21-13-7-5-12(6-8-13)17-18(26-9-10-30-20(26)23-17)22-16(28)11-27-19(29)14-3-1-2-4-15(14)24-25-27/h1-10H,11H2,(H,22,28). The molecule has 0 atom stereocenters. The second-order valence-electron chi connectivity index (χ2n) is 6.49. The molecule has 30 heavy (non-hydrogen) atoms. The molecule has 0 aliphatic rings. The number of thiazole rings is 1. The van der Waals surface area contributed by atoms with Crippen LogP contribution in [0, 0.1) is 5.82 Å². The van der Waals surface area contributed by atoms with Gasteiger partial charge in [0.15, 0.2) is 4.96 Å². The maximum absolute atomic E-state index is 13.3. The molecule has 10 heteroatoms. The third-order valence-corrected chi connectivity index (χ3v) is 5.32. The molecule has 5 aromatic rings. The fourth-order valence-corrected chi connectivity index (χ4v) is 3.86. The summed E-state index contributed by atoms with van der Waals surface area (Å²) in [5.74, 6) is -0.387. The van der Waals surface area contributed by atoms with Gasteiger partial charge in [0.2, 0.25) is 5.91 Å². The molecule has 148 valence electrons. The molecule has 0 saturated heterocycles.